The van der Waals surface area contributed by atoms with E-state index < -0.39 is 4.92 Å². The van der Waals surface area contributed by atoms with Crippen LogP contribution in [0.5, 0.6) is 11.5 Å². The number of aryl methyl sites for hydroxylation is 1. The summed E-state index contributed by atoms with van der Waals surface area (Å²) in [7, 11) is 0. The molecule has 23 heavy (non-hydrogen) atoms. The van der Waals surface area contributed by atoms with E-state index in [1.807, 2.05) is 55.5 Å². The van der Waals surface area contributed by atoms with Crippen LogP contribution in [0.1, 0.15) is 5.56 Å². The molecule has 0 saturated heterocycles. The first-order valence-corrected chi connectivity index (χ1v) is 7.22. The Bertz CT molecular complexity index is 841. The molecule has 0 fully saturated rings. The Morgan fingerprint density at radius 3 is 2.13 bits per heavy atom. The van der Waals surface area contributed by atoms with Crippen molar-refractivity contribution < 1.29 is 9.66 Å². The van der Waals surface area contributed by atoms with Crippen LogP contribution in [0.4, 0.5) is 5.69 Å². The van der Waals surface area contributed by atoms with Gasteiger partial charge in [-0.25, -0.2) is 0 Å². The summed E-state index contributed by atoms with van der Waals surface area (Å²) in [6.07, 6.45) is 0. The molecular weight excluding hydrogens is 290 g/mol. The van der Waals surface area contributed by atoms with Gasteiger partial charge in [-0.2, -0.15) is 0 Å². The first-order chi connectivity index (χ1) is 11.1. The Kier molecular flexibility index (Phi) is 4.06. The lowest BCUT2D eigenvalue weighted by Crippen LogP contribution is -1.94. The molecule has 0 N–H and O–H groups in total. The lowest BCUT2D eigenvalue weighted by atomic mass is 10.0. The largest absolute Gasteiger partial charge is 0.449 e. The van der Waals surface area contributed by atoms with Crippen LogP contribution in [0, 0.1) is 17.0 Å². The van der Waals surface area contributed by atoms with Gasteiger partial charge in [0.05, 0.1) is 4.92 Å². The number of hydrogen-bond acceptors (Lipinski definition) is 3. The lowest BCUT2D eigenvalue weighted by molar-refractivity contribution is -0.385. The maximum atomic E-state index is 11.1. The van der Waals surface area contributed by atoms with Crippen LogP contribution in [0.25, 0.3) is 11.1 Å². The molecule has 0 aliphatic carbocycles. The molecule has 0 radical (unpaired) electrons. The number of para-hydroxylation sites is 3. The number of hydrogen-bond donors (Lipinski definition) is 0. The molecular formula is C19H15NO3. The number of nitrogens with zero attached hydrogens (tertiary/aromatic N) is 1. The minimum Gasteiger partial charge on any atom is -0.449 e. The van der Waals surface area contributed by atoms with E-state index in [0.29, 0.717) is 5.75 Å². The molecule has 0 aliphatic heterocycles. The topological polar surface area (TPSA) is 52.4 Å². The zero-order chi connectivity index (χ0) is 16.2. The third-order valence-electron chi connectivity index (χ3n) is 3.53. The zero-order valence-corrected chi connectivity index (χ0v) is 12.6. The summed E-state index contributed by atoms with van der Waals surface area (Å²) in [6, 6.07) is 22.0. The molecule has 0 amide bonds. The summed E-state index contributed by atoms with van der Waals surface area (Å²) < 4.78 is 5.84. The third-order valence-corrected chi connectivity index (χ3v) is 3.53. The number of nitro groups is 1. The normalized spacial score (nSPS) is 10.3. The van der Waals surface area contributed by atoms with Crippen molar-refractivity contribution in [2.24, 2.45) is 0 Å². The maximum absolute atomic E-state index is 11.1. The van der Waals surface area contributed by atoms with Gasteiger partial charge in [-0.1, -0.05) is 60.2 Å². The predicted octanol–water partition coefficient (Wildman–Crippen LogP) is 5.36. The highest BCUT2D eigenvalue weighted by Crippen LogP contribution is 2.36. The molecule has 0 spiro atoms. The molecule has 3 aromatic carbocycles. The van der Waals surface area contributed by atoms with Crippen molar-refractivity contribution in [1.29, 1.82) is 0 Å². The van der Waals surface area contributed by atoms with Crippen LogP contribution in [0.15, 0.2) is 72.8 Å². The summed E-state index contributed by atoms with van der Waals surface area (Å²) >= 11 is 0. The summed E-state index contributed by atoms with van der Waals surface area (Å²) in [4.78, 5) is 10.7. The number of nitro benzene ring substituents is 1. The fraction of sp³-hybridized carbons (Fsp3) is 0.0526. The summed E-state index contributed by atoms with van der Waals surface area (Å²) in [6.45, 7) is 2.03. The highest BCUT2D eigenvalue weighted by molar-refractivity contribution is 5.71. The van der Waals surface area contributed by atoms with Gasteiger partial charge in [0.25, 0.3) is 0 Å². The summed E-state index contributed by atoms with van der Waals surface area (Å²) in [5.41, 5.74) is 3.02. The van der Waals surface area contributed by atoms with Crippen LogP contribution in [0.3, 0.4) is 0 Å². The molecule has 3 rings (SSSR count). The molecule has 0 aromatic heterocycles. The standard InChI is InChI=1S/C19H15NO3/c1-14-10-12-15(13-11-14)16-6-2-4-8-18(16)23-19-9-5-3-7-17(19)20(21)22/h2-13H,1H3. The highest BCUT2D eigenvalue weighted by atomic mass is 16.6. The number of rotatable bonds is 4. The SMILES string of the molecule is Cc1ccc(-c2ccccc2Oc2ccccc2[N+](=O)[O-])cc1. The van der Waals surface area contributed by atoms with Crippen LogP contribution in [0.2, 0.25) is 0 Å². The Labute approximate surface area is 134 Å². The second kappa shape index (κ2) is 6.32. The second-order valence-corrected chi connectivity index (χ2v) is 5.19. The predicted molar refractivity (Wildman–Crippen MR) is 89.8 cm³/mol. The average molecular weight is 305 g/mol. The van der Waals surface area contributed by atoms with E-state index in [9.17, 15) is 10.1 Å². The number of ether oxygens (including phenoxy) is 1. The van der Waals surface area contributed by atoms with Crippen LogP contribution >= 0.6 is 0 Å². The van der Waals surface area contributed by atoms with Crippen molar-refractivity contribution in [2.75, 3.05) is 0 Å². The monoisotopic (exact) mass is 305 g/mol. The smallest absolute Gasteiger partial charge is 0.311 e. The maximum Gasteiger partial charge on any atom is 0.311 e. The van der Waals surface area contributed by atoms with Crippen molar-refractivity contribution in [3.63, 3.8) is 0 Å². The van der Waals surface area contributed by atoms with Gasteiger partial charge in [0, 0.05) is 11.6 Å². The zero-order valence-electron chi connectivity index (χ0n) is 12.6. The van der Waals surface area contributed by atoms with Crippen molar-refractivity contribution in [2.45, 2.75) is 6.92 Å². The van der Waals surface area contributed by atoms with Gasteiger partial charge < -0.3 is 4.74 Å². The molecule has 0 aliphatic rings. The van der Waals surface area contributed by atoms with E-state index >= 15 is 0 Å². The Morgan fingerprint density at radius 2 is 1.43 bits per heavy atom. The van der Waals surface area contributed by atoms with E-state index in [-0.39, 0.29) is 11.4 Å². The molecule has 4 nitrogen and oxygen atoms in total. The van der Waals surface area contributed by atoms with Gasteiger partial charge in [-0.05, 0) is 24.6 Å². The Balaban J connectivity index is 2.02. The van der Waals surface area contributed by atoms with Gasteiger partial charge >= 0.3 is 5.69 Å². The van der Waals surface area contributed by atoms with Crippen molar-refractivity contribution >= 4 is 5.69 Å². The highest BCUT2D eigenvalue weighted by Gasteiger charge is 2.16. The quantitative estimate of drug-likeness (QED) is 0.481. The third kappa shape index (κ3) is 3.21. The van der Waals surface area contributed by atoms with E-state index in [4.69, 9.17) is 4.74 Å². The van der Waals surface area contributed by atoms with Crippen LogP contribution in [-0.4, -0.2) is 4.92 Å². The van der Waals surface area contributed by atoms with Crippen molar-refractivity contribution in [3.05, 3.63) is 88.5 Å². The van der Waals surface area contributed by atoms with Crippen LogP contribution in [-0.2, 0) is 0 Å². The molecule has 4 heteroatoms. The molecule has 0 saturated carbocycles. The first kappa shape index (κ1) is 14.8. The van der Waals surface area contributed by atoms with Gasteiger partial charge in [0.1, 0.15) is 5.75 Å². The van der Waals surface area contributed by atoms with E-state index in [2.05, 4.69) is 0 Å². The van der Waals surface area contributed by atoms with E-state index in [0.717, 1.165) is 11.1 Å². The van der Waals surface area contributed by atoms with Crippen molar-refractivity contribution in [1.82, 2.24) is 0 Å². The lowest BCUT2D eigenvalue weighted by Gasteiger charge is -2.11. The molecule has 3 aromatic rings. The minimum atomic E-state index is -0.441. The fourth-order valence-electron chi connectivity index (χ4n) is 2.34. The van der Waals surface area contributed by atoms with E-state index in [1.165, 1.54) is 11.6 Å². The van der Waals surface area contributed by atoms with Gasteiger partial charge in [0.2, 0.25) is 5.75 Å². The molecule has 0 heterocycles. The van der Waals surface area contributed by atoms with Crippen molar-refractivity contribution in [3.8, 4) is 22.6 Å². The van der Waals surface area contributed by atoms with Gasteiger partial charge in [-0.3, -0.25) is 10.1 Å². The molecule has 0 unspecified atom stereocenters. The molecule has 0 atom stereocenters. The average Bonchev–Trinajstić information content (AvgIpc) is 2.56. The minimum absolute atomic E-state index is 0.0498. The van der Waals surface area contributed by atoms with Crippen LogP contribution < -0.4 is 4.74 Å². The van der Waals surface area contributed by atoms with E-state index in [1.54, 1.807) is 18.2 Å². The second-order valence-electron chi connectivity index (χ2n) is 5.19. The summed E-state index contributed by atoms with van der Waals surface area (Å²) in [5, 5.41) is 11.1. The van der Waals surface area contributed by atoms with Gasteiger partial charge in [-0.15, -0.1) is 0 Å². The number of benzene rings is 3. The molecule has 0 bridgehead atoms. The first-order valence-electron chi connectivity index (χ1n) is 7.22. The summed E-state index contributed by atoms with van der Waals surface area (Å²) in [5.74, 6) is 0.822. The Morgan fingerprint density at radius 1 is 0.826 bits per heavy atom. The Hall–Kier alpha value is -3.14. The van der Waals surface area contributed by atoms with Gasteiger partial charge in [0.15, 0.2) is 0 Å². The fourth-order valence-corrected chi connectivity index (χ4v) is 2.34. The molecule has 114 valence electrons.